The molecule has 0 unspecified atom stereocenters. The van der Waals surface area contributed by atoms with E-state index in [9.17, 15) is 14.4 Å². The summed E-state index contributed by atoms with van der Waals surface area (Å²) < 4.78 is 5.28. The molecule has 2 rings (SSSR count). The molecule has 1 aliphatic heterocycles. The van der Waals surface area contributed by atoms with E-state index in [4.69, 9.17) is 4.74 Å². The Bertz CT molecular complexity index is 618. The quantitative estimate of drug-likeness (QED) is 0.504. The van der Waals surface area contributed by atoms with Gasteiger partial charge in [0.05, 0.1) is 13.0 Å². The van der Waals surface area contributed by atoms with Crippen LogP contribution in [-0.4, -0.2) is 48.4 Å². The topological polar surface area (TPSA) is 75.7 Å². The number of hydrogen-bond donors (Lipinski definition) is 1. The van der Waals surface area contributed by atoms with Gasteiger partial charge in [0.15, 0.2) is 0 Å². The molecule has 2 amide bonds. The molecule has 0 spiro atoms. The number of hydrogen-bond acceptors (Lipinski definition) is 4. The molecule has 0 aliphatic carbocycles. The molecule has 1 fully saturated rings. The Balaban J connectivity index is 1.77. The molecule has 0 saturated carbocycles. The maximum absolute atomic E-state index is 12.4. The molecule has 0 bridgehead atoms. The number of unbranched alkanes of at least 4 members (excludes halogenated alkanes) is 2. The number of nitrogens with one attached hydrogen (secondary N) is 1. The molecule has 1 saturated heterocycles. The lowest BCUT2D eigenvalue weighted by Gasteiger charge is -2.34. The predicted octanol–water partition coefficient (Wildman–Crippen LogP) is 2.46. The third kappa shape index (κ3) is 7.04. The van der Waals surface area contributed by atoms with E-state index in [0.717, 1.165) is 32.1 Å². The van der Waals surface area contributed by atoms with Crippen LogP contribution in [0.5, 0.6) is 0 Å². The lowest BCUT2D eigenvalue weighted by Crippen LogP contribution is -2.57. The van der Waals surface area contributed by atoms with Gasteiger partial charge in [-0.1, -0.05) is 50.1 Å². The van der Waals surface area contributed by atoms with Gasteiger partial charge in [-0.15, -0.1) is 0 Å². The van der Waals surface area contributed by atoms with Gasteiger partial charge < -0.3 is 15.0 Å². The molecule has 1 aromatic rings. The van der Waals surface area contributed by atoms with Crippen LogP contribution in [0.4, 0.5) is 0 Å². The summed E-state index contributed by atoms with van der Waals surface area (Å²) in [6.45, 7) is 3.27. The summed E-state index contributed by atoms with van der Waals surface area (Å²) >= 11 is 0. The van der Waals surface area contributed by atoms with Gasteiger partial charge in [0, 0.05) is 19.5 Å². The third-order valence-corrected chi connectivity index (χ3v) is 4.72. The van der Waals surface area contributed by atoms with Crippen LogP contribution in [0.2, 0.25) is 0 Å². The molecule has 148 valence electrons. The number of aryl methyl sites for hydroxylation is 1. The molecule has 1 N–H and O–H groups in total. The Hall–Kier alpha value is -2.37. The van der Waals surface area contributed by atoms with Crippen molar-refractivity contribution in [2.24, 2.45) is 0 Å². The molecule has 1 atom stereocenters. The summed E-state index contributed by atoms with van der Waals surface area (Å²) in [5.41, 5.74) is 1.20. The number of benzene rings is 1. The maximum atomic E-state index is 12.4. The van der Waals surface area contributed by atoms with Crippen molar-refractivity contribution in [1.82, 2.24) is 10.2 Å². The fourth-order valence-corrected chi connectivity index (χ4v) is 3.21. The minimum absolute atomic E-state index is 0.0554. The summed E-state index contributed by atoms with van der Waals surface area (Å²) in [6.07, 6.45) is 4.73. The Labute approximate surface area is 161 Å². The van der Waals surface area contributed by atoms with Crippen molar-refractivity contribution in [3.63, 3.8) is 0 Å². The largest absolute Gasteiger partial charge is 0.466 e. The highest BCUT2D eigenvalue weighted by atomic mass is 16.5. The molecule has 6 heteroatoms. The number of carbonyl (C=O) groups excluding carboxylic acids is 3. The zero-order valence-corrected chi connectivity index (χ0v) is 16.1. The SMILES string of the molecule is CCCCCC(=O)N1CCNC(=O)[C@H]1CC(=O)OCCCc1ccccc1. The van der Waals surface area contributed by atoms with Gasteiger partial charge in [-0.3, -0.25) is 14.4 Å². The summed E-state index contributed by atoms with van der Waals surface area (Å²) in [5, 5.41) is 2.74. The fourth-order valence-electron chi connectivity index (χ4n) is 3.21. The Morgan fingerprint density at radius 1 is 1.19 bits per heavy atom. The number of piperazine rings is 1. The Kier molecular flexibility index (Phi) is 8.81. The molecular weight excluding hydrogens is 344 g/mol. The van der Waals surface area contributed by atoms with Crippen LogP contribution in [0, 0.1) is 0 Å². The molecular formula is C21H30N2O4. The van der Waals surface area contributed by atoms with Crippen LogP contribution in [-0.2, 0) is 25.5 Å². The maximum Gasteiger partial charge on any atom is 0.308 e. The minimum Gasteiger partial charge on any atom is -0.466 e. The van der Waals surface area contributed by atoms with Crippen LogP contribution in [0.1, 0.15) is 51.0 Å². The first-order valence-corrected chi connectivity index (χ1v) is 9.88. The van der Waals surface area contributed by atoms with Gasteiger partial charge in [-0.25, -0.2) is 0 Å². The van der Waals surface area contributed by atoms with E-state index < -0.39 is 12.0 Å². The summed E-state index contributed by atoms with van der Waals surface area (Å²) in [6, 6.07) is 9.25. The van der Waals surface area contributed by atoms with Crippen LogP contribution < -0.4 is 5.32 Å². The van der Waals surface area contributed by atoms with E-state index >= 15 is 0 Å². The molecule has 1 aromatic carbocycles. The summed E-state index contributed by atoms with van der Waals surface area (Å²) in [7, 11) is 0. The number of carbonyl (C=O) groups is 3. The third-order valence-electron chi connectivity index (χ3n) is 4.72. The average molecular weight is 374 g/mol. The predicted molar refractivity (Wildman–Crippen MR) is 103 cm³/mol. The van der Waals surface area contributed by atoms with Gasteiger partial charge >= 0.3 is 5.97 Å². The van der Waals surface area contributed by atoms with Gasteiger partial charge in [0.25, 0.3) is 0 Å². The second-order valence-corrected chi connectivity index (χ2v) is 6.86. The number of rotatable bonds is 10. The highest BCUT2D eigenvalue weighted by molar-refractivity contribution is 5.91. The van der Waals surface area contributed by atoms with E-state index in [1.165, 1.54) is 5.56 Å². The van der Waals surface area contributed by atoms with E-state index in [2.05, 4.69) is 12.2 Å². The number of esters is 1. The molecule has 27 heavy (non-hydrogen) atoms. The van der Waals surface area contributed by atoms with Gasteiger partial charge in [-0.2, -0.15) is 0 Å². The second kappa shape index (κ2) is 11.4. The van der Waals surface area contributed by atoms with Gasteiger partial charge in [-0.05, 0) is 24.8 Å². The van der Waals surface area contributed by atoms with Crippen LogP contribution >= 0.6 is 0 Å². The van der Waals surface area contributed by atoms with Crippen molar-refractivity contribution in [2.75, 3.05) is 19.7 Å². The van der Waals surface area contributed by atoms with E-state index in [1.54, 1.807) is 4.90 Å². The fraction of sp³-hybridized carbons (Fsp3) is 0.571. The lowest BCUT2D eigenvalue weighted by molar-refractivity contribution is -0.152. The van der Waals surface area contributed by atoms with Crippen molar-refractivity contribution in [3.8, 4) is 0 Å². The van der Waals surface area contributed by atoms with Crippen molar-refractivity contribution in [1.29, 1.82) is 0 Å². The molecule has 0 aromatic heterocycles. The average Bonchev–Trinajstić information content (AvgIpc) is 2.68. The van der Waals surface area contributed by atoms with Crippen LogP contribution in [0.15, 0.2) is 30.3 Å². The smallest absolute Gasteiger partial charge is 0.308 e. The standard InChI is InChI=1S/C21H30N2O4/c1-2-3-5-12-19(24)23-14-13-22-21(26)18(23)16-20(25)27-15-8-11-17-9-6-4-7-10-17/h4,6-7,9-10,18H,2-3,5,8,11-16H2,1H3,(H,22,26)/t18-/m1/s1. The van der Waals surface area contributed by atoms with Crippen molar-refractivity contribution < 1.29 is 19.1 Å². The van der Waals surface area contributed by atoms with Crippen molar-refractivity contribution in [3.05, 3.63) is 35.9 Å². The van der Waals surface area contributed by atoms with Crippen LogP contribution in [0.25, 0.3) is 0 Å². The van der Waals surface area contributed by atoms with Gasteiger partial charge in [0.2, 0.25) is 11.8 Å². The number of ether oxygens (including phenoxy) is 1. The first kappa shape index (κ1) is 20.9. The highest BCUT2D eigenvalue weighted by Crippen LogP contribution is 2.14. The molecule has 6 nitrogen and oxygen atoms in total. The number of nitrogens with zero attached hydrogens (tertiary/aromatic N) is 1. The zero-order chi connectivity index (χ0) is 19.5. The number of amides is 2. The molecule has 1 aliphatic rings. The normalized spacial score (nSPS) is 16.7. The van der Waals surface area contributed by atoms with Crippen molar-refractivity contribution >= 4 is 17.8 Å². The lowest BCUT2D eigenvalue weighted by atomic mass is 10.1. The van der Waals surface area contributed by atoms with Crippen molar-refractivity contribution in [2.45, 2.75) is 57.9 Å². The summed E-state index contributed by atoms with van der Waals surface area (Å²) in [4.78, 5) is 38.3. The van der Waals surface area contributed by atoms with Crippen LogP contribution in [0.3, 0.4) is 0 Å². The zero-order valence-electron chi connectivity index (χ0n) is 16.1. The molecule has 1 heterocycles. The van der Waals surface area contributed by atoms with E-state index in [-0.39, 0.29) is 18.2 Å². The highest BCUT2D eigenvalue weighted by Gasteiger charge is 2.34. The van der Waals surface area contributed by atoms with Gasteiger partial charge in [0.1, 0.15) is 6.04 Å². The Morgan fingerprint density at radius 2 is 1.96 bits per heavy atom. The minimum atomic E-state index is -0.755. The first-order valence-electron chi connectivity index (χ1n) is 9.88. The first-order chi connectivity index (χ1) is 13.1. The summed E-state index contributed by atoms with van der Waals surface area (Å²) in [5.74, 6) is -0.761. The monoisotopic (exact) mass is 374 g/mol. The Morgan fingerprint density at radius 3 is 2.70 bits per heavy atom. The molecule has 0 radical (unpaired) electrons. The van der Waals surface area contributed by atoms with E-state index in [1.807, 2.05) is 30.3 Å². The second-order valence-electron chi connectivity index (χ2n) is 6.86. The van der Waals surface area contributed by atoms with E-state index in [0.29, 0.717) is 26.1 Å².